The summed E-state index contributed by atoms with van der Waals surface area (Å²) in [5, 5.41) is 0. The molecular formula is C100H178O20. The van der Waals surface area contributed by atoms with E-state index in [0.717, 1.165) is 131 Å². The maximum Gasteiger partial charge on any atom is 0.347 e. The van der Waals surface area contributed by atoms with E-state index in [4.69, 9.17) is 47.4 Å². The second-order valence-corrected chi connectivity index (χ2v) is 39.2. The minimum Gasteiger partial charge on any atom is -0.457 e. The Bertz CT molecular complexity index is 3120. The van der Waals surface area contributed by atoms with Crippen molar-refractivity contribution < 1.29 is 95.3 Å². The maximum atomic E-state index is 12.6. The van der Waals surface area contributed by atoms with Gasteiger partial charge in [0.25, 0.3) is 0 Å². The third-order valence-electron chi connectivity index (χ3n) is 29.8. The van der Waals surface area contributed by atoms with Crippen LogP contribution in [0.2, 0.25) is 0 Å². The van der Waals surface area contributed by atoms with E-state index >= 15 is 0 Å². The van der Waals surface area contributed by atoms with Crippen molar-refractivity contribution in [2.45, 2.75) is 454 Å². The molecule has 0 aliphatic heterocycles. The lowest BCUT2D eigenvalue weighted by molar-refractivity contribution is -0.213. The van der Waals surface area contributed by atoms with Gasteiger partial charge in [-0.3, -0.25) is 24.0 Å². The minimum atomic E-state index is -0.836. The van der Waals surface area contributed by atoms with Crippen LogP contribution in [0.4, 0.5) is 0 Å². The third-order valence-corrected chi connectivity index (χ3v) is 29.8. The van der Waals surface area contributed by atoms with Crippen molar-refractivity contribution in [2.24, 2.45) is 98.1 Å². The van der Waals surface area contributed by atoms with Gasteiger partial charge in [0.15, 0.2) is 32.5 Å². The molecule has 0 spiro atoms. The number of hydrogen-bond donors (Lipinski definition) is 0. The smallest absolute Gasteiger partial charge is 0.347 e. The standard InChI is InChI=1S/C22H34O4.C20H32O4.C17H28O4.C16H28O4.C15H26O4.5C2H6/c1-5-21(3,4)20(24)25-12-17(23)26-22(6-2)11-15-10-16(22)19-14-8-7-13(9-14)18(15)19;1-6-19(3,4)18(22)23-12(2)17(21)24-20(5)15-8-13-7-14(10-15)11-16(20)9-13;1-5-16(3,4)15(19)20-11-14(18)21-17(6-2)10-12-7-8-13(17)9-12;1-5-15(3,4)14(18)19-12-13(17)20-16(6-2)10-8-7-9-11-16;1-5-14(2,3)13(17)18-11-12(16)19-15(4)9-7-6-8-10-15;5*1-2/h13-16,18-19H,5-12H2,1-4H3;12-16H,6-11H2,1-5H3;12-13H,5-11H2,1-4H3;5-12H2,1-4H3;5-11H2,1-4H3;5*1-2H3. The molecule has 12 aliphatic carbocycles. The topological polar surface area (TPSA) is 263 Å². The van der Waals surface area contributed by atoms with Gasteiger partial charge in [-0.15, -0.1) is 0 Å². The van der Waals surface area contributed by atoms with Crippen LogP contribution >= 0.6 is 0 Å². The van der Waals surface area contributed by atoms with Crippen LogP contribution in [0.25, 0.3) is 0 Å². The molecule has 0 aromatic heterocycles. The van der Waals surface area contributed by atoms with Crippen molar-refractivity contribution in [1.82, 2.24) is 0 Å². The highest BCUT2D eigenvalue weighted by atomic mass is 16.6. The molecule has 20 heteroatoms. The average Bonchev–Trinajstić information content (AvgIpc) is 1.51. The van der Waals surface area contributed by atoms with Gasteiger partial charge in [-0.25, -0.2) is 24.0 Å². The zero-order chi connectivity index (χ0) is 91.8. The largest absolute Gasteiger partial charge is 0.457 e. The number of ether oxygens (including phenoxy) is 10. The molecule has 120 heavy (non-hydrogen) atoms. The number of carbonyl (C=O) groups is 10. The molecule has 12 fully saturated rings. The lowest BCUT2D eigenvalue weighted by Gasteiger charge is -2.59. The van der Waals surface area contributed by atoms with E-state index in [9.17, 15) is 47.9 Å². The van der Waals surface area contributed by atoms with Crippen molar-refractivity contribution in [3.63, 3.8) is 0 Å². The predicted octanol–water partition coefficient (Wildman–Crippen LogP) is 23.9. The van der Waals surface area contributed by atoms with Crippen molar-refractivity contribution in [3.8, 4) is 0 Å². The number of carbonyl (C=O) groups excluding carboxylic acids is 10. The molecule has 12 aliphatic rings. The molecule has 11 unspecified atom stereocenters. The Kier molecular flexibility index (Phi) is 46.3. The van der Waals surface area contributed by atoms with Crippen LogP contribution in [0.1, 0.15) is 420 Å². The molecule has 0 radical (unpaired) electrons. The molecule has 11 atom stereocenters. The summed E-state index contributed by atoms with van der Waals surface area (Å²) in [5.41, 5.74) is -4.44. The Labute approximate surface area is 730 Å². The zero-order valence-electron chi connectivity index (χ0n) is 82.1. The summed E-state index contributed by atoms with van der Waals surface area (Å²) in [5.74, 6) is 4.94. The molecule has 0 aromatic rings. The number of esters is 10. The van der Waals surface area contributed by atoms with Crippen LogP contribution < -0.4 is 0 Å². The van der Waals surface area contributed by atoms with Gasteiger partial charge in [0, 0.05) is 5.92 Å². The van der Waals surface area contributed by atoms with Gasteiger partial charge in [0.2, 0.25) is 0 Å². The normalized spacial score (nSPS) is 28.8. The molecule has 12 saturated carbocycles. The zero-order valence-corrected chi connectivity index (χ0v) is 82.1. The van der Waals surface area contributed by atoms with Gasteiger partial charge >= 0.3 is 59.7 Å². The van der Waals surface area contributed by atoms with Gasteiger partial charge in [-0.05, 0) is 348 Å². The average molecular weight is 1700 g/mol. The maximum absolute atomic E-state index is 12.6. The van der Waals surface area contributed by atoms with E-state index in [-0.39, 0.29) is 96.2 Å². The second-order valence-electron chi connectivity index (χ2n) is 39.2. The lowest BCUT2D eigenvalue weighted by atomic mass is 9.50. The molecule has 0 heterocycles. The monoisotopic (exact) mass is 1700 g/mol. The quantitative estimate of drug-likeness (QED) is 0.0400. The summed E-state index contributed by atoms with van der Waals surface area (Å²) < 4.78 is 54.8. The van der Waals surface area contributed by atoms with Gasteiger partial charge in [-0.2, -0.15) is 0 Å². The number of rotatable bonds is 28. The fraction of sp³-hybridized carbons (Fsp3) is 0.900. The van der Waals surface area contributed by atoms with E-state index < -0.39 is 51.1 Å². The van der Waals surface area contributed by atoms with E-state index in [0.29, 0.717) is 61.7 Å². The molecule has 0 amide bonds. The fourth-order valence-corrected chi connectivity index (χ4v) is 20.5. The second kappa shape index (κ2) is 50.1. The summed E-state index contributed by atoms with van der Waals surface area (Å²) in [6.45, 7) is 58.9. The molecule has 0 aromatic carbocycles. The highest BCUT2D eigenvalue weighted by molar-refractivity contribution is 5.83. The van der Waals surface area contributed by atoms with Crippen LogP contribution in [-0.2, 0) is 95.3 Å². The van der Waals surface area contributed by atoms with Gasteiger partial charge < -0.3 is 47.4 Å². The van der Waals surface area contributed by atoms with E-state index in [1.165, 1.54) is 83.5 Å². The van der Waals surface area contributed by atoms with Crippen LogP contribution in [0.5, 0.6) is 0 Å². The molecule has 0 N–H and O–H groups in total. The number of fused-ring (bicyclic) bond motifs is 11. The molecular weight excluding hydrogens is 1520 g/mol. The van der Waals surface area contributed by atoms with Crippen LogP contribution in [0.15, 0.2) is 0 Å². The molecule has 20 nitrogen and oxygen atoms in total. The molecule has 0 saturated heterocycles. The first kappa shape index (κ1) is 111. The summed E-state index contributed by atoms with van der Waals surface area (Å²) in [4.78, 5) is 121. The first-order valence-corrected chi connectivity index (χ1v) is 48.4. The Morgan fingerprint density at radius 2 is 0.700 bits per heavy atom. The minimum absolute atomic E-state index is 0.248. The van der Waals surface area contributed by atoms with Gasteiger partial charge in [-0.1, -0.05) is 137 Å². The Morgan fingerprint density at radius 1 is 0.342 bits per heavy atom. The molecule has 12 rings (SSSR count). The van der Waals surface area contributed by atoms with Gasteiger partial charge in [0.05, 0.1) is 27.1 Å². The number of hydrogen-bond acceptors (Lipinski definition) is 20. The van der Waals surface area contributed by atoms with Crippen LogP contribution in [0.3, 0.4) is 0 Å². The van der Waals surface area contributed by atoms with E-state index in [2.05, 4.69) is 20.8 Å². The first-order chi connectivity index (χ1) is 56.4. The summed E-state index contributed by atoms with van der Waals surface area (Å²) in [6.07, 6.45) is 32.8. The fourth-order valence-electron chi connectivity index (χ4n) is 20.5. The Balaban J connectivity index is 0.000000497. The van der Waals surface area contributed by atoms with E-state index in [1.807, 2.05) is 187 Å². The third kappa shape index (κ3) is 29.7. The highest BCUT2D eigenvalue weighted by Gasteiger charge is 2.68. The predicted molar refractivity (Wildman–Crippen MR) is 476 cm³/mol. The van der Waals surface area contributed by atoms with Crippen LogP contribution in [0, 0.1) is 98.1 Å². The SMILES string of the molecule is CC.CC.CC.CC.CC.CCC(C)(C)C(=O)OC(C)C(=O)OC1(C)C2CC3CC(C2)CC1C3.CCC(C)(C)C(=O)OCC(=O)OC1(C)CCCCC1.CCC(C)(C)C(=O)OCC(=O)OC1(CC)CC2CC1C1C3CCC(C3)C21.CCC(C)(C)C(=O)OCC(=O)OC1(CC)CC2CCC1C2.CCC1(OC(=O)COC(=O)C(C)(C)CC)CCCCC1. The molecule has 10 bridgehead atoms. The van der Waals surface area contributed by atoms with E-state index in [1.54, 1.807) is 6.92 Å². The summed E-state index contributed by atoms with van der Waals surface area (Å²) in [7, 11) is 0. The first-order valence-electron chi connectivity index (χ1n) is 48.4. The highest BCUT2D eigenvalue weighted by Crippen LogP contribution is 2.71. The summed E-state index contributed by atoms with van der Waals surface area (Å²) >= 11 is 0. The molecule has 698 valence electrons. The lowest BCUT2D eigenvalue weighted by Crippen LogP contribution is -2.58. The van der Waals surface area contributed by atoms with Crippen molar-refractivity contribution >= 4 is 59.7 Å². The van der Waals surface area contributed by atoms with Gasteiger partial charge in [0.1, 0.15) is 28.0 Å². The van der Waals surface area contributed by atoms with Crippen molar-refractivity contribution in [2.75, 3.05) is 26.4 Å². The Hall–Kier alpha value is -5.30. The Morgan fingerprint density at radius 3 is 1.07 bits per heavy atom. The van der Waals surface area contributed by atoms with Crippen LogP contribution in [-0.4, -0.2) is 120 Å². The van der Waals surface area contributed by atoms with Crippen molar-refractivity contribution in [1.29, 1.82) is 0 Å². The van der Waals surface area contributed by atoms with Crippen molar-refractivity contribution in [3.05, 3.63) is 0 Å². The summed E-state index contributed by atoms with van der Waals surface area (Å²) in [6, 6.07) is 0.